The number of aliphatic hydroxyl groups is 1. The number of nitrogens with zero attached hydrogens (tertiary/aromatic N) is 1. The van der Waals surface area contributed by atoms with E-state index in [-0.39, 0.29) is 17.9 Å². The summed E-state index contributed by atoms with van der Waals surface area (Å²) < 4.78 is 21.6. The molecular formula is C27H33NO7. The van der Waals surface area contributed by atoms with Gasteiger partial charge >= 0.3 is 0 Å². The van der Waals surface area contributed by atoms with E-state index < -0.39 is 17.7 Å². The highest BCUT2D eigenvalue weighted by molar-refractivity contribution is 6.46. The third-order valence-electron chi connectivity index (χ3n) is 5.72. The van der Waals surface area contributed by atoms with Crippen molar-refractivity contribution in [1.82, 2.24) is 4.90 Å². The van der Waals surface area contributed by atoms with Gasteiger partial charge in [0.2, 0.25) is 0 Å². The Kier molecular flexibility index (Phi) is 8.76. The number of carbonyl (C=O) groups excluding carboxylic acids is 2. The standard InChI is InChI=1S/C27H33NO7/c1-17(2)16-35-20-10-7-18(8-11-20)25(29)23-24(19-9-12-21(33-4)22(15-19)34-5)28(13-6-14-32-3)27(31)26(23)30/h7-12,15,17,24,29H,6,13-14,16H2,1-5H3/b25-23+. The molecule has 1 fully saturated rings. The first-order chi connectivity index (χ1) is 16.8. The second-order valence-corrected chi connectivity index (χ2v) is 8.68. The number of rotatable bonds is 11. The lowest BCUT2D eigenvalue weighted by Gasteiger charge is -2.26. The zero-order valence-corrected chi connectivity index (χ0v) is 20.9. The number of hydrogen-bond acceptors (Lipinski definition) is 7. The smallest absolute Gasteiger partial charge is 0.295 e. The van der Waals surface area contributed by atoms with Crippen LogP contribution in [-0.2, 0) is 14.3 Å². The molecular weight excluding hydrogens is 450 g/mol. The number of amides is 1. The van der Waals surface area contributed by atoms with Crippen molar-refractivity contribution in [3.8, 4) is 17.2 Å². The van der Waals surface area contributed by atoms with Crippen LogP contribution in [0.25, 0.3) is 5.76 Å². The van der Waals surface area contributed by atoms with Crippen LogP contribution in [0.15, 0.2) is 48.0 Å². The number of benzene rings is 2. The number of aliphatic hydroxyl groups excluding tert-OH is 1. The second-order valence-electron chi connectivity index (χ2n) is 8.68. The topological polar surface area (TPSA) is 94.5 Å². The lowest BCUT2D eigenvalue weighted by Crippen LogP contribution is -2.31. The van der Waals surface area contributed by atoms with Gasteiger partial charge in [0.15, 0.2) is 11.5 Å². The number of ketones is 1. The van der Waals surface area contributed by atoms with Gasteiger partial charge < -0.3 is 29.0 Å². The molecule has 2 aromatic carbocycles. The molecule has 0 spiro atoms. The molecule has 3 rings (SSSR count). The van der Waals surface area contributed by atoms with Crippen LogP contribution in [-0.4, -0.2) is 62.8 Å². The lowest BCUT2D eigenvalue weighted by atomic mass is 9.95. The molecule has 0 bridgehead atoms. The van der Waals surface area contributed by atoms with E-state index in [0.717, 1.165) is 0 Å². The molecule has 1 amide bonds. The third kappa shape index (κ3) is 5.77. The summed E-state index contributed by atoms with van der Waals surface area (Å²) in [5.74, 6) is 0.362. The summed E-state index contributed by atoms with van der Waals surface area (Å²) >= 11 is 0. The number of ether oxygens (including phenoxy) is 4. The summed E-state index contributed by atoms with van der Waals surface area (Å²) in [4.78, 5) is 27.6. The molecule has 0 radical (unpaired) electrons. The summed E-state index contributed by atoms with van der Waals surface area (Å²) in [6, 6.07) is 11.2. The van der Waals surface area contributed by atoms with Gasteiger partial charge in [-0.25, -0.2) is 0 Å². The van der Waals surface area contributed by atoms with Gasteiger partial charge in [-0.1, -0.05) is 19.9 Å². The van der Waals surface area contributed by atoms with E-state index in [2.05, 4.69) is 13.8 Å². The number of hydrogen-bond donors (Lipinski definition) is 1. The first kappa shape index (κ1) is 26.1. The van der Waals surface area contributed by atoms with Crippen molar-refractivity contribution >= 4 is 17.4 Å². The Labute approximate surface area is 206 Å². The van der Waals surface area contributed by atoms with Crippen LogP contribution < -0.4 is 14.2 Å². The van der Waals surface area contributed by atoms with E-state index in [1.165, 1.54) is 19.1 Å². The van der Waals surface area contributed by atoms with E-state index in [0.29, 0.717) is 53.9 Å². The van der Waals surface area contributed by atoms with Gasteiger partial charge in [0.05, 0.1) is 32.4 Å². The Morgan fingerprint density at radius 3 is 2.29 bits per heavy atom. The van der Waals surface area contributed by atoms with Gasteiger partial charge in [0, 0.05) is 25.8 Å². The fraction of sp³-hybridized carbons (Fsp3) is 0.407. The molecule has 1 saturated heterocycles. The SMILES string of the molecule is COCCCN1C(=O)C(=O)/C(=C(/O)c2ccc(OCC(C)C)cc2)C1c1ccc(OC)c(OC)c1. The Bertz CT molecular complexity index is 1080. The van der Waals surface area contributed by atoms with Gasteiger partial charge in [-0.3, -0.25) is 9.59 Å². The predicted octanol–water partition coefficient (Wildman–Crippen LogP) is 4.20. The fourth-order valence-electron chi connectivity index (χ4n) is 3.99. The molecule has 1 aliphatic rings. The minimum Gasteiger partial charge on any atom is -0.507 e. The Hall–Kier alpha value is -3.52. The van der Waals surface area contributed by atoms with Crippen molar-refractivity contribution in [2.45, 2.75) is 26.3 Å². The molecule has 0 aliphatic carbocycles. The van der Waals surface area contributed by atoms with Gasteiger partial charge in [0.25, 0.3) is 11.7 Å². The van der Waals surface area contributed by atoms with Crippen molar-refractivity contribution in [1.29, 1.82) is 0 Å². The monoisotopic (exact) mass is 483 g/mol. The third-order valence-corrected chi connectivity index (χ3v) is 5.72. The summed E-state index contributed by atoms with van der Waals surface area (Å²) in [6.07, 6.45) is 0.537. The second kappa shape index (κ2) is 11.8. The van der Waals surface area contributed by atoms with Crippen LogP contribution in [0.1, 0.15) is 37.4 Å². The zero-order chi connectivity index (χ0) is 25.5. The molecule has 1 N–H and O–H groups in total. The fourth-order valence-corrected chi connectivity index (χ4v) is 3.99. The van der Waals surface area contributed by atoms with E-state index in [1.807, 2.05) is 0 Å². The highest BCUT2D eigenvalue weighted by Crippen LogP contribution is 2.42. The summed E-state index contributed by atoms with van der Waals surface area (Å²) in [7, 11) is 4.62. The van der Waals surface area contributed by atoms with Gasteiger partial charge in [-0.2, -0.15) is 0 Å². The minimum absolute atomic E-state index is 0.0236. The van der Waals surface area contributed by atoms with E-state index in [9.17, 15) is 14.7 Å². The molecule has 8 heteroatoms. The van der Waals surface area contributed by atoms with Crippen LogP contribution in [0.3, 0.4) is 0 Å². The van der Waals surface area contributed by atoms with Crippen molar-refractivity contribution in [3.05, 3.63) is 59.2 Å². The van der Waals surface area contributed by atoms with E-state index >= 15 is 0 Å². The Morgan fingerprint density at radius 1 is 1.00 bits per heavy atom. The maximum Gasteiger partial charge on any atom is 0.295 e. The largest absolute Gasteiger partial charge is 0.507 e. The average Bonchev–Trinajstić information content (AvgIpc) is 3.12. The highest BCUT2D eigenvalue weighted by atomic mass is 16.5. The van der Waals surface area contributed by atoms with Crippen molar-refractivity contribution in [2.24, 2.45) is 5.92 Å². The molecule has 0 aromatic heterocycles. The molecule has 1 atom stereocenters. The normalized spacial score (nSPS) is 17.2. The molecule has 8 nitrogen and oxygen atoms in total. The first-order valence-corrected chi connectivity index (χ1v) is 11.5. The van der Waals surface area contributed by atoms with Gasteiger partial charge in [-0.15, -0.1) is 0 Å². The lowest BCUT2D eigenvalue weighted by molar-refractivity contribution is -0.140. The molecule has 0 saturated carbocycles. The first-order valence-electron chi connectivity index (χ1n) is 11.5. The van der Waals surface area contributed by atoms with Crippen LogP contribution in [0.4, 0.5) is 0 Å². The summed E-state index contributed by atoms with van der Waals surface area (Å²) in [5, 5.41) is 11.2. The van der Waals surface area contributed by atoms with Crippen LogP contribution in [0.2, 0.25) is 0 Å². The molecule has 1 unspecified atom stereocenters. The number of likely N-dealkylation sites (tertiary alicyclic amines) is 1. The highest BCUT2D eigenvalue weighted by Gasteiger charge is 2.46. The summed E-state index contributed by atoms with van der Waals surface area (Å²) in [6.45, 7) is 5.40. The van der Waals surface area contributed by atoms with Crippen molar-refractivity contribution < 1.29 is 33.6 Å². The van der Waals surface area contributed by atoms with Crippen molar-refractivity contribution in [2.75, 3.05) is 41.1 Å². The minimum atomic E-state index is -0.788. The van der Waals surface area contributed by atoms with Crippen LogP contribution >= 0.6 is 0 Å². The molecule has 188 valence electrons. The maximum absolute atomic E-state index is 13.1. The van der Waals surface area contributed by atoms with E-state index in [1.54, 1.807) is 49.6 Å². The van der Waals surface area contributed by atoms with Crippen molar-refractivity contribution in [3.63, 3.8) is 0 Å². The quantitative estimate of drug-likeness (QED) is 0.222. The average molecular weight is 484 g/mol. The molecule has 1 heterocycles. The molecule has 35 heavy (non-hydrogen) atoms. The predicted molar refractivity (Wildman–Crippen MR) is 132 cm³/mol. The van der Waals surface area contributed by atoms with E-state index in [4.69, 9.17) is 18.9 Å². The molecule has 2 aromatic rings. The maximum atomic E-state index is 13.1. The van der Waals surface area contributed by atoms with Gasteiger partial charge in [0.1, 0.15) is 11.5 Å². The number of Topliss-reactive ketones (excluding diaryl/α,β-unsaturated/α-hetero) is 1. The Balaban J connectivity index is 2.06. The van der Waals surface area contributed by atoms with Crippen LogP contribution in [0, 0.1) is 5.92 Å². The van der Waals surface area contributed by atoms with Gasteiger partial charge in [-0.05, 0) is 54.3 Å². The molecule has 1 aliphatic heterocycles. The number of methoxy groups -OCH3 is 3. The zero-order valence-electron chi connectivity index (χ0n) is 20.9. The van der Waals surface area contributed by atoms with Crippen LogP contribution in [0.5, 0.6) is 17.2 Å². The number of carbonyl (C=O) groups is 2. The summed E-state index contributed by atoms with van der Waals surface area (Å²) in [5.41, 5.74) is 1.07. The Morgan fingerprint density at radius 2 is 1.69 bits per heavy atom.